The van der Waals surface area contributed by atoms with Crippen molar-refractivity contribution >= 4 is 17.2 Å². The van der Waals surface area contributed by atoms with Gasteiger partial charge in [-0.1, -0.05) is 36.4 Å². The molecule has 0 aromatic heterocycles. The van der Waals surface area contributed by atoms with E-state index in [0.717, 1.165) is 17.2 Å². The van der Waals surface area contributed by atoms with Crippen LogP contribution >= 0.6 is 0 Å². The number of esters is 1. The van der Waals surface area contributed by atoms with Crippen LogP contribution in [0.1, 0.15) is 17.5 Å². The fraction of sp³-hybridized carbons (Fsp3) is 0.318. The standard InChI is InChI=1S/C22H23FN2O5/c1-29-22(26)21(15-30-14-16-5-3-2-4-6-16)24-11-9-17(10-12-24)19-8-7-18(25(27)28)13-20(19)23/h2-9,13,21H,10-12,14-15H2,1H3. The van der Waals surface area contributed by atoms with E-state index in [1.165, 1.54) is 19.2 Å². The lowest BCUT2D eigenvalue weighted by atomic mass is 9.98. The van der Waals surface area contributed by atoms with Gasteiger partial charge in [-0.05, 0) is 23.6 Å². The molecule has 0 saturated heterocycles. The average Bonchev–Trinajstić information content (AvgIpc) is 2.77. The van der Waals surface area contributed by atoms with Gasteiger partial charge in [-0.3, -0.25) is 19.8 Å². The molecule has 30 heavy (non-hydrogen) atoms. The summed E-state index contributed by atoms with van der Waals surface area (Å²) in [6.45, 7) is 1.49. The number of halogens is 1. The molecule has 7 nitrogen and oxygen atoms in total. The molecule has 0 radical (unpaired) electrons. The predicted octanol–water partition coefficient (Wildman–Crippen LogP) is 3.58. The Labute approximate surface area is 173 Å². The molecular formula is C22H23FN2O5. The van der Waals surface area contributed by atoms with Crippen LogP contribution in [0.2, 0.25) is 0 Å². The highest BCUT2D eigenvalue weighted by Gasteiger charge is 2.29. The quantitative estimate of drug-likeness (QED) is 0.373. The fourth-order valence-electron chi connectivity index (χ4n) is 3.41. The molecule has 1 heterocycles. The third kappa shape index (κ3) is 5.28. The Hall–Kier alpha value is -3.10. The molecule has 0 saturated carbocycles. The zero-order valence-electron chi connectivity index (χ0n) is 16.6. The Morgan fingerprint density at radius 3 is 2.63 bits per heavy atom. The summed E-state index contributed by atoms with van der Waals surface area (Å²) in [5.74, 6) is -1.01. The van der Waals surface area contributed by atoms with E-state index in [0.29, 0.717) is 31.7 Å². The molecule has 0 spiro atoms. The lowest BCUT2D eigenvalue weighted by Gasteiger charge is -2.32. The van der Waals surface area contributed by atoms with Crippen LogP contribution in [0.4, 0.5) is 10.1 Å². The van der Waals surface area contributed by atoms with Crippen molar-refractivity contribution in [2.24, 2.45) is 0 Å². The second-order valence-electron chi connectivity index (χ2n) is 6.94. The van der Waals surface area contributed by atoms with Crippen molar-refractivity contribution in [3.05, 3.63) is 81.7 Å². The number of nitro benzene ring substituents is 1. The van der Waals surface area contributed by atoms with Crippen molar-refractivity contribution in [1.29, 1.82) is 0 Å². The molecule has 158 valence electrons. The van der Waals surface area contributed by atoms with Crippen molar-refractivity contribution < 1.29 is 23.6 Å². The third-order valence-electron chi connectivity index (χ3n) is 5.05. The Morgan fingerprint density at radius 2 is 2.03 bits per heavy atom. The summed E-state index contributed by atoms with van der Waals surface area (Å²) < 4.78 is 25.0. The fourth-order valence-corrected chi connectivity index (χ4v) is 3.41. The Morgan fingerprint density at radius 1 is 1.27 bits per heavy atom. The summed E-state index contributed by atoms with van der Waals surface area (Å²) in [4.78, 5) is 24.4. The van der Waals surface area contributed by atoms with Crippen LogP contribution < -0.4 is 0 Å². The van der Waals surface area contributed by atoms with Crippen molar-refractivity contribution in [1.82, 2.24) is 4.90 Å². The van der Waals surface area contributed by atoms with Crippen LogP contribution in [0.5, 0.6) is 0 Å². The highest BCUT2D eigenvalue weighted by Crippen LogP contribution is 2.28. The van der Waals surface area contributed by atoms with Crippen LogP contribution in [-0.2, 0) is 20.9 Å². The van der Waals surface area contributed by atoms with E-state index in [-0.39, 0.29) is 18.3 Å². The van der Waals surface area contributed by atoms with Gasteiger partial charge in [0.1, 0.15) is 11.9 Å². The molecule has 3 rings (SSSR count). The summed E-state index contributed by atoms with van der Waals surface area (Å²) in [6, 6.07) is 12.7. The Balaban J connectivity index is 1.65. The Bertz CT molecular complexity index is 932. The minimum atomic E-state index is -0.625. The number of rotatable bonds is 8. The van der Waals surface area contributed by atoms with Gasteiger partial charge >= 0.3 is 5.97 Å². The maximum Gasteiger partial charge on any atom is 0.325 e. The van der Waals surface area contributed by atoms with E-state index in [9.17, 15) is 19.3 Å². The number of benzene rings is 2. The maximum atomic E-state index is 14.3. The second-order valence-corrected chi connectivity index (χ2v) is 6.94. The van der Waals surface area contributed by atoms with E-state index >= 15 is 0 Å². The first-order valence-electron chi connectivity index (χ1n) is 9.56. The SMILES string of the molecule is COC(=O)C(COCc1ccccc1)N1CC=C(c2ccc([N+](=O)[O-])cc2F)CC1. The van der Waals surface area contributed by atoms with Gasteiger partial charge < -0.3 is 9.47 Å². The van der Waals surface area contributed by atoms with Crippen molar-refractivity contribution in [3.63, 3.8) is 0 Å². The number of hydrogen-bond acceptors (Lipinski definition) is 6. The molecule has 1 unspecified atom stereocenters. The first kappa shape index (κ1) is 21.6. The minimum absolute atomic E-state index is 0.177. The van der Waals surface area contributed by atoms with Crippen LogP contribution in [-0.4, -0.2) is 48.6 Å². The molecule has 1 atom stereocenters. The van der Waals surface area contributed by atoms with E-state index in [1.807, 2.05) is 41.3 Å². The minimum Gasteiger partial charge on any atom is -0.468 e. The van der Waals surface area contributed by atoms with Gasteiger partial charge in [0, 0.05) is 24.7 Å². The number of nitrogens with zero attached hydrogens (tertiary/aromatic N) is 2. The van der Waals surface area contributed by atoms with Crippen molar-refractivity contribution in [2.75, 3.05) is 26.8 Å². The number of carbonyl (C=O) groups is 1. The van der Waals surface area contributed by atoms with E-state index in [1.54, 1.807) is 0 Å². The third-order valence-corrected chi connectivity index (χ3v) is 5.05. The monoisotopic (exact) mass is 414 g/mol. The molecule has 1 aliphatic rings. The molecule has 0 aliphatic carbocycles. The summed E-state index contributed by atoms with van der Waals surface area (Å²) in [5.41, 5.74) is 1.83. The molecule has 2 aromatic carbocycles. The topological polar surface area (TPSA) is 81.9 Å². The number of methoxy groups -OCH3 is 1. The van der Waals surface area contributed by atoms with Crippen molar-refractivity contribution in [3.8, 4) is 0 Å². The summed E-state index contributed by atoms with van der Waals surface area (Å²) >= 11 is 0. The zero-order chi connectivity index (χ0) is 21.5. The molecule has 8 heteroatoms. The second kappa shape index (κ2) is 10.1. The number of ether oxygens (including phenoxy) is 2. The summed E-state index contributed by atoms with van der Waals surface area (Å²) in [6.07, 6.45) is 2.34. The maximum absolute atomic E-state index is 14.3. The van der Waals surface area contributed by atoms with Crippen LogP contribution in [0.25, 0.3) is 5.57 Å². The lowest BCUT2D eigenvalue weighted by Crippen LogP contribution is -2.46. The van der Waals surface area contributed by atoms with E-state index in [2.05, 4.69) is 0 Å². The highest BCUT2D eigenvalue weighted by atomic mass is 19.1. The molecule has 0 bridgehead atoms. The normalized spacial score (nSPS) is 15.3. The number of hydrogen-bond donors (Lipinski definition) is 0. The molecule has 1 aliphatic heterocycles. The van der Waals surface area contributed by atoms with Gasteiger partial charge in [0.2, 0.25) is 0 Å². The van der Waals surface area contributed by atoms with Crippen LogP contribution in [0, 0.1) is 15.9 Å². The van der Waals surface area contributed by atoms with Crippen LogP contribution in [0.15, 0.2) is 54.6 Å². The molecule has 0 N–H and O–H groups in total. The average molecular weight is 414 g/mol. The van der Waals surface area contributed by atoms with Gasteiger partial charge in [0.25, 0.3) is 5.69 Å². The molecule has 0 fully saturated rings. The van der Waals surface area contributed by atoms with Gasteiger partial charge in [-0.2, -0.15) is 0 Å². The van der Waals surface area contributed by atoms with E-state index < -0.39 is 16.8 Å². The van der Waals surface area contributed by atoms with Crippen molar-refractivity contribution in [2.45, 2.75) is 19.1 Å². The highest BCUT2D eigenvalue weighted by molar-refractivity contribution is 5.76. The summed E-state index contributed by atoms with van der Waals surface area (Å²) in [7, 11) is 1.34. The molecule has 2 aromatic rings. The van der Waals surface area contributed by atoms with E-state index in [4.69, 9.17) is 9.47 Å². The molecule has 0 amide bonds. The number of nitro groups is 1. The first-order valence-corrected chi connectivity index (χ1v) is 9.56. The van der Waals surface area contributed by atoms with Crippen LogP contribution in [0.3, 0.4) is 0 Å². The van der Waals surface area contributed by atoms with Gasteiger partial charge in [0.05, 0.1) is 31.3 Å². The summed E-state index contributed by atoms with van der Waals surface area (Å²) in [5, 5.41) is 10.8. The lowest BCUT2D eigenvalue weighted by molar-refractivity contribution is -0.385. The Kier molecular flexibility index (Phi) is 7.26. The predicted molar refractivity (Wildman–Crippen MR) is 109 cm³/mol. The van der Waals surface area contributed by atoms with Gasteiger partial charge in [0.15, 0.2) is 0 Å². The number of non-ortho nitro benzene ring substituents is 1. The number of carbonyl (C=O) groups excluding carboxylic acids is 1. The van der Waals surface area contributed by atoms with Gasteiger partial charge in [-0.25, -0.2) is 4.39 Å². The smallest absolute Gasteiger partial charge is 0.325 e. The largest absolute Gasteiger partial charge is 0.468 e. The molecular weight excluding hydrogens is 391 g/mol. The zero-order valence-corrected chi connectivity index (χ0v) is 16.6. The first-order chi connectivity index (χ1) is 14.5. The van der Waals surface area contributed by atoms with Gasteiger partial charge in [-0.15, -0.1) is 0 Å².